The Labute approximate surface area is 78.8 Å². The quantitative estimate of drug-likeness (QED) is 0.588. The first kappa shape index (κ1) is 12.0. The minimum atomic E-state index is 0.187. The lowest BCUT2D eigenvalue weighted by Gasteiger charge is -2.42. The summed E-state index contributed by atoms with van der Waals surface area (Å²) in [4.78, 5) is 0. The van der Waals surface area contributed by atoms with Crippen molar-refractivity contribution in [3.8, 4) is 0 Å². The van der Waals surface area contributed by atoms with E-state index in [1.807, 2.05) is 0 Å². The van der Waals surface area contributed by atoms with E-state index in [4.69, 9.17) is 0 Å². The van der Waals surface area contributed by atoms with Gasteiger partial charge in [-0.25, -0.2) is 0 Å². The van der Waals surface area contributed by atoms with Crippen molar-refractivity contribution in [1.82, 2.24) is 0 Å². The smallest absolute Gasteiger partial charge is 0.0275 e. The average molecular weight is 169 g/mol. The van der Waals surface area contributed by atoms with Gasteiger partial charge in [0.15, 0.2) is 0 Å². The third-order valence-corrected chi connectivity index (χ3v) is 3.27. The largest absolute Gasteiger partial charge is 0.0648 e. The lowest BCUT2D eigenvalue weighted by Crippen LogP contribution is -2.33. The van der Waals surface area contributed by atoms with E-state index in [0.717, 1.165) is 5.92 Å². The molecule has 0 nitrogen and oxygen atoms in total. The normalized spacial score (nSPS) is 18.0. The lowest BCUT2D eigenvalue weighted by molar-refractivity contribution is 0.0988. The van der Waals surface area contributed by atoms with E-state index < -0.39 is 0 Å². The van der Waals surface area contributed by atoms with Crippen LogP contribution in [0, 0.1) is 23.7 Å². The van der Waals surface area contributed by atoms with Gasteiger partial charge in [-0.1, -0.05) is 48.0 Å². The highest BCUT2D eigenvalue weighted by atomic mass is 14.4. The molecule has 0 saturated carbocycles. The third kappa shape index (κ3) is 2.80. The Bertz CT molecular complexity index is 127. The average Bonchev–Trinajstić information content (AvgIpc) is 1.83. The van der Waals surface area contributed by atoms with E-state index in [1.165, 1.54) is 12.8 Å². The monoisotopic (exact) mass is 169 g/mol. The molecule has 73 valence electrons. The molecule has 0 saturated heterocycles. The Morgan fingerprint density at radius 1 is 1.17 bits per heavy atom. The van der Waals surface area contributed by atoms with Gasteiger partial charge in [-0.2, -0.15) is 0 Å². The van der Waals surface area contributed by atoms with Crippen LogP contribution >= 0.6 is 0 Å². The molecule has 0 spiro atoms. The molecule has 0 N–H and O–H groups in total. The standard InChI is InChI=1S/C12H25/c1-8-12(7,9-10(2)3)11(4,5)6/h10H,4,8-9H2,1-3,5-7H3. The molecule has 0 aliphatic rings. The maximum atomic E-state index is 4.27. The van der Waals surface area contributed by atoms with Crippen LogP contribution in [0.1, 0.15) is 54.4 Å². The molecule has 0 aromatic carbocycles. The van der Waals surface area contributed by atoms with Crippen molar-refractivity contribution < 1.29 is 0 Å². The van der Waals surface area contributed by atoms with Gasteiger partial charge >= 0.3 is 0 Å². The summed E-state index contributed by atoms with van der Waals surface area (Å²) in [6.07, 6.45) is 2.50. The summed E-state index contributed by atoms with van der Waals surface area (Å²) in [5.74, 6) is 0.774. The highest BCUT2D eigenvalue weighted by Crippen LogP contribution is 2.45. The molecular weight excluding hydrogens is 144 g/mol. The molecule has 0 heterocycles. The molecule has 1 unspecified atom stereocenters. The van der Waals surface area contributed by atoms with Crippen LogP contribution in [-0.4, -0.2) is 0 Å². The van der Waals surface area contributed by atoms with Crippen molar-refractivity contribution in [3.05, 3.63) is 6.92 Å². The van der Waals surface area contributed by atoms with Crippen LogP contribution in [0.2, 0.25) is 0 Å². The fourth-order valence-corrected chi connectivity index (χ4v) is 1.80. The number of hydrogen-bond acceptors (Lipinski definition) is 0. The SMILES string of the molecule is [CH2]C(C)(C)C(C)(CC)CC(C)C. The summed E-state index contributed by atoms with van der Waals surface area (Å²) in [6.45, 7) is 18.0. The van der Waals surface area contributed by atoms with Crippen molar-refractivity contribution in [2.24, 2.45) is 16.7 Å². The molecule has 0 bridgehead atoms. The first-order valence-corrected chi connectivity index (χ1v) is 5.08. The summed E-state index contributed by atoms with van der Waals surface area (Å²) in [6, 6.07) is 0. The predicted octanol–water partition coefficient (Wildman–Crippen LogP) is 4.31. The van der Waals surface area contributed by atoms with Crippen molar-refractivity contribution in [3.63, 3.8) is 0 Å². The first-order chi connectivity index (χ1) is 5.23. The first-order valence-electron chi connectivity index (χ1n) is 5.08. The minimum absolute atomic E-state index is 0.187. The second kappa shape index (κ2) is 3.81. The van der Waals surface area contributed by atoms with Gasteiger partial charge in [-0.15, -0.1) is 0 Å². The van der Waals surface area contributed by atoms with Gasteiger partial charge in [-0.05, 0) is 30.1 Å². The highest BCUT2D eigenvalue weighted by molar-refractivity contribution is 4.90. The Balaban J connectivity index is 4.46. The lowest BCUT2D eigenvalue weighted by atomic mass is 9.63. The number of rotatable bonds is 4. The molecule has 0 aromatic heterocycles. The fourth-order valence-electron chi connectivity index (χ4n) is 1.80. The zero-order chi connectivity index (χ0) is 9.99. The van der Waals surface area contributed by atoms with Crippen LogP contribution in [-0.2, 0) is 0 Å². The molecule has 0 aromatic rings. The molecule has 0 fully saturated rings. The maximum absolute atomic E-state index is 4.27. The van der Waals surface area contributed by atoms with Gasteiger partial charge in [0.25, 0.3) is 0 Å². The molecule has 1 atom stereocenters. The van der Waals surface area contributed by atoms with Gasteiger partial charge in [0.05, 0.1) is 0 Å². The summed E-state index contributed by atoms with van der Waals surface area (Å²) in [5.41, 5.74) is 0.577. The topological polar surface area (TPSA) is 0 Å². The Kier molecular flexibility index (Phi) is 3.81. The molecule has 0 aliphatic heterocycles. The van der Waals surface area contributed by atoms with Crippen LogP contribution in [0.15, 0.2) is 0 Å². The van der Waals surface area contributed by atoms with Crippen molar-refractivity contribution in [1.29, 1.82) is 0 Å². The molecule has 0 amide bonds. The van der Waals surface area contributed by atoms with Crippen LogP contribution in [0.4, 0.5) is 0 Å². The Morgan fingerprint density at radius 3 is 1.67 bits per heavy atom. The van der Waals surface area contributed by atoms with E-state index in [-0.39, 0.29) is 5.41 Å². The van der Waals surface area contributed by atoms with E-state index in [1.54, 1.807) is 0 Å². The number of hydrogen-bond donors (Lipinski definition) is 0. The fraction of sp³-hybridized carbons (Fsp3) is 0.917. The van der Waals surface area contributed by atoms with Crippen LogP contribution in [0.3, 0.4) is 0 Å². The predicted molar refractivity (Wildman–Crippen MR) is 57.0 cm³/mol. The van der Waals surface area contributed by atoms with Crippen molar-refractivity contribution in [2.45, 2.75) is 54.4 Å². The van der Waals surface area contributed by atoms with Crippen molar-refractivity contribution in [2.75, 3.05) is 0 Å². The van der Waals surface area contributed by atoms with E-state index in [2.05, 4.69) is 48.5 Å². The molecule has 0 aliphatic carbocycles. The maximum Gasteiger partial charge on any atom is -0.0275 e. The molecule has 1 radical (unpaired) electrons. The van der Waals surface area contributed by atoms with Gasteiger partial charge in [0, 0.05) is 0 Å². The zero-order valence-electron chi connectivity index (χ0n) is 9.70. The van der Waals surface area contributed by atoms with Gasteiger partial charge in [0.1, 0.15) is 0 Å². The second-order valence-corrected chi connectivity index (χ2v) is 5.40. The minimum Gasteiger partial charge on any atom is -0.0648 e. The van der Waals surface area contributed by atoms with Gasteiger partial charge in [0.2, 0.25) is 0 Å². The molecule has 0 rings (SSSR count). The van der Waals surface area contributed by atoms with Crippen LogP contribution < -0.4 is 0 Å². The zero-order valence-corrected chi connectivity index (χ0v) is 9.70. The highest BCUT2D eigenvalue weighted by Gasteiger charge is 2.35. The van der Waals surface area contributed by atoms with E-state index in [0.29, 0.717) is 5.41 Å². The molecular formula is C12H25. The molecule has 12 heavy (non-hydrogen) atoms. The van der Waals surface area contributed by atoms with Crippen LogP contribution in [0.5, 0.6) is 0 Å². The van der Waals surface area contributed by atoms with Gasteiger partial charge < -0.3 is 0 Å². The summed E-state index contributed by atoms with van der Waals surface area (Å²) in [7, 11) is 0. The summed E-state index contributed by atoms with van der Waals surface area (Å²) < 4.78 is 0. The second-order valence-electron chi connectivity index (χ2n) is 5.40. The van der Waals surface area contributed by atoms with E-state index >= 15 is 0 Å². The van der Waals surface area contributed by atoms with E-state index in [9.17, 15) is 0 Å². The molecule has 0 heteroatoms. The van der Waals surface area contributed by atoms with Gasteiger partial charge in [-0.3, -0.25) is 0 Å². The van der Waals surface area contributed by atoms with Crippen molar-refractivity contribution >= 4 is 0 Å². The Hall–Kier alpha value is 0. The summed E-state index contributed by atoms with van der Waals surface area (Å²) >= 11 is 0. The van der Waals surface area contributed by atoms with Crippen LogP contribution in [0.25, 0.3) is 0 Å². The third-order valence-electron chi connectivity index (χ3n) is 3.27. The summed E-state index contributed by atoms with van der Waals surface area (Å²) in [5, 5.41) is 0. The Morgan fingerprint density at radius 2 is 1.58 bits per heavy atom.